The molecule has 0 amide bonds. The zero-order valence-corrected chi connectivity index (χ0v) is 15.1. The Morgan fingerprint density at radius 1 is 1.38 bits per heavy atom. The molecule has 1 fully saturated rings. The van der Waals surface area contributed by atoms with Gasteiger partial charge in [-0.15, -0.1) is 0 Å². The summed E-state index contributed by atoms with van der Waals surface area (Å²) in [7, 11) is 4.05. The molecule has 0 saturated carbocycles. The molecule has 1 saturated heterocycles. The monoisotopic (exact) mass is 359 g/mol. The standard InChI is InChI=1S/C17H25N7O2/c1-22(2)10-13-8-14(25)11-23(13)16-9-15(19-12-20-16)18-6-7-24-17(26)4-3-5-21-24/h3-5,9,12-14,25H,6-8,10-11H2,1-2H3,(H,18,19,20)/t13-,14-/m1/s1. The number of nitrogens with zero attached hydrogens (tertiary/aromatic N) is 6. The summed E-state index contributed by atoms with van der Waals surface area (Å²) in [5.41, 5.74) is -0.129. The highest BCUT2D eigenvalue weighted by molar-refractivity contribution is 5.50. The molecular weight excluding hydrogens is 334 g/mol. The molecule has 0 aliphatic carbocycles. The Balaban J connectivity index is 1.64. The summed E-state index contributed by atoms with van der Waals surface area (Å²) in [5, 5.41) is 17.3. The van der Waals surface area contributed by atoms with Crippen LogP contribution in [-0.4, -0.2) is 75.6 Å². The Labute approximate surface area is 152 Å². The van der Waals surface area contributed by atoms with Crippen LogP contribution in [0.1, 0.15) is 6.42 Å². The molecule has 2 aromatic rings. The molecule has 26 heavy (non-hydrogen) atoms. The molecule has 1 aliphatic rings. The number of likely N-dealkylation sites (N-methyl/N-ethyl adjacent to an activating group) is 1. The summed E-state index contributed by atoms with van der Waals surface area (Å²) in [6.07, 6.45) is 3.49. The number of aliphatic hydroxyl groups is 1. The van der Waals surface area contributed by atoms with Crippen molar-refractivity contribution in [1.82, 2.24) is 24.6 Å². The quantitative estimate of drug-likeness (QED) is 0.692. The van der Waals surface area contributed by atoms with Gasteiger partial charge >= 0.3 is 0 Å². The van der Waals surface area contributed by atoms with Gasteiger partial charge in [-0.2, -0.15) is 5.10 Å². The molecule has 140 valence electrons. The highest BCUT2D eigenvalue weighted by Crippen LogP contribution is 2.25. The molecule has 1 aliphatic heterocycles. The van der Waals surface area contributed by atoms with Gasteiger partial charge in [0.1, 0.15) is 18.0 Å². The van der Waals surface area contributed by atoms with Crippen LogP contribution in [0.15, 0.2) is 35.5 Å². The Hall–Kier alpha value is -2.52. The molecule has 0 bridgehead atoms. The molecule has 0 radical (unpaired) electrons. The molecule has 9 heteroatoms. The summed E-state index contributed by atoms with van der Waals surface area (Å²) < 4.78 is 1.40. The van der Waals surface area contributed by atoms with E-state index in [0.717, 1.165) is 18.8 Å². The van der Waals surface area contributed by atoms with Crippen molar-refractivity contribution in [2.75, 3.05) is 43.9 Å². The number of rotatable bonds is 7. The number of hydrogen-bond acceptors (Lipinski definition) is 8. The van der Waals surface area contributed by atoms with Crippen molar-refractivity contribution < 1.29 is 5.11 Å². The molecular formula is C17H25N7O2. The second kappa shape index (κ2) is 8.24. The first-order chi connectivity index (χ1) is 12.5. The first-order valence-electron chi connectivity index (χ1n) is 8.70. The van der Waals surface area contributed by atoms with Gasteiger partial charge in [-0.1, -0.05) is 0 Å². The lowest BCUT2D eigenvalue weighted by molar-refractivity contribution is 0.191. The van der Waals surface area contributed by atoms with E-state index in [4.69, 9.17) is 0 Å². The van der Waals surface area contributed by atoms with E-state index in [0.29, 0.717) is 25.5 Å². The van der Waals surface area contributed by atoms with Gasteiger partial charge in [-0.25, -0.2) is 14.6 Å². The lowest BCUT2D eigenvalue weighted by Crippen LogP contribution is -2.38. The molecule has 2 aromatic heterocycles. The molecule has 0 unspecified atom stereocenters. The van der Waals surface area contributed by atoms with Crippen molar-refractivity contribution in [1.29, 1.82) is 0 Å². The van der Waals surface area contributed by atoms with Crippen LogP contribution >= 0.6 is 0 Å². The normalized spacial score (nSPS) is 19.9. The Morgan fingerprint density at radius 3 is 3.00 bits per heavy atom. The largest absolute Gasteiger partial charge is 0.391 e. The molecule has 0 spiro atoms. The minimum absolute atomic E-state index is 0.129. The first kappa shape index (κ1) is 18.3. The SMILES string of the molecule is CN(C)C[C@H]1C[C@@H](O)CN1c1cc(NCCn2ncccc2=O)ncn1. The maximum absolute atomic E-state index is 11.7. The van der Waals surface area contributed by atoms with E-state index in [2.05, 4.69) is 30.2 Å². The minimum atomic E-state index is -0.345. The van der Waals surface area contributed by atoms with Gasteiger partial charge in [0.2, 0.25) is 0 Å². The molecule has 2 atom stereocenters. The van der Waals surface area contributed by atoms with Gasteiger partial charge in [0.25, 0.3) is 5.56 Å². The van der Waals surface area contributed by atoms with E-state index in [1.165, 1.54) is 17.1 Å². The fourth-order valence-electron chi connectivity index (χ4n) is 3.21. The zero-order chi connectivity index (χ0) is 18.5. The number of β-amino-alcohol motifs (C(OH)–C–C–N with tert-alkyl or cyclic N) is 1. The van der Waals surface area contributed by atoms with Crippen molar-refractivity contribution in [3.63, 3.8) is 0 Å². The third kappa shape index (κ3) is 4.55. The molecule has 2 N–H and O–H groups in total. The van der Waals surface area contributed by atoms with Crippen molar-refractivity contribution in [3.05, 3.63) is 41.1 Å². The predicted octanol–water partition coefficient (Wildman–Crippen LogP) is -0.353. The van der Waals surface area contributed by atoms with Crippen LogP contribution in [0.4, 0.5) is 11.6 Å². The smallest absolute Gasteiger partial charge is 0.266 e. The van der Waals surface area contributed by atoms with Crippen molar-refractivity contribution >= 4 is 11.6 Å². The first-order valence-corrected chi connectivity index (χ1v) is 8.70. The van der Waals surface area contributed by atoms with Crippen LogP contribution in [0, 0.1) is 0 Å². The zero-order valence-electron chi connectivity index (χ0n) is 15.1. The number of hydrogen-bond donors (Lipinski definition) is 2. The minimum Gasteiger partial charge on any atom is -0.391 e. The highest BCUT2D eigenvalue weighted by Gasteiger charge is 2.32. The summed E-state index contributed by atoms with van der Waals surface area (Å²) in [6, 6.07) is 5.20. The lowest BCUT2D eigenvalue weighted by atomic mass is 10.2. The van der Waals surface area contributed by atoms with Gasteiger partial charge in [0.15, 0.2) is 0 Å². The molecule has 3 rings (SSSR count). The second-order valence-corrected chi connectivity index (χ2v) is 6.73. The van der Waals surface area contributed by atoms with Crippen LogP contribution in [0.5, 0.6) is 0 Å². The van der Waals surface area contributed by atoms with Crippen LogP contribution in [-0.2, 0) is 6.54 Å². The van der Waals surface area contributed by atoms with Crippen LogP contribution in [0.25, 0.3) is 0 Å². The predicted molar refractivity (Wildman–Crippen MR) is 99.3 cm³/mol. The van der Waals surface area contributed by atoms with Gasteiger partial charge in [-0.05, 0) is 26.6 Å². The number of aromatic nitrogens is 4. The second-order valence-electron chi connectivity index (χ2n) is 6.73. The number of nitrogens with one attached hydrogen (secondary N) is 1. The van der Waals surface area contributed by atoms with Gasteiger partial charge in [-0.3, -0.25) is 4.79 Å². The Bertz CT molecular complexity index is 779. The molecule has 0 aromatic carbocycles. The maximum atomic E-state index is 11.7. The van der Waals surface area contributed by atoms with Crippen molar-refractivity contribution in [2.24, 2.45) is 0 Å². The fraction of sp³-hybridized carbons (Fsp3) is 0.529. The average molecular weight is 359 g/mol. The van der Waals surface area contributed by atoms with E-state index in [9.17, 15) is 9.90 Å². The van der Waals surface area contributed by atoms with Crippen molar-refractivity contribution in [2.45, 2.75) is 25.1 Å². The maximum Gasteiger partial charge on any atom is 0.266 e. The van der Waals surface area contributed by atoms with E-state index in [1.807, 2.05) is 20.2 Å². The average Bonchev–Trinajstić information content (AvgIpc) is 2.96. The summed E-state index contributed by atoms with van der Waals surface area (Å²) in [6.45, 7) is 2.40. The van der Waals surface area contributed by atoms with Gasteiger partial charge in [0.05, 0.1) is 12.6 Å². The third-order valence-electron chi connectivity index (χ3n) is 4.33. The summed E-state index contributed by atoms with van der Waals surface area (Å²) in [4.78, 5) is 24.5. The summed E-state index contributed by atoms with van der Waals surface area (Å²) in [5.74, 6) is 1.48. The fourth-order valence-corrected chi connectivity index (χ4v) is 3.21. The van der Waals surface area contributed by atoms with Crippen LogP contribution in [0.3, 0.4) is 0 Å². The number of aliphatic hydroxyl groups excluding tert-OH is 1. The Kier molecular flexibility index (Phi) is 5.79. The van der Waals surface area contributed by atoms with Gasteiger partial charge < -0.3 is 20.2 Å². The molecule has 9 nitrogen and oxygen atoms in total. The highest BCUT2D eigenvalue weighted by atomic mass is 16.3. The van der Waals surface area contributed by atoms with E-state index < -0.39 is 0 Å². The summed E-state index contributed by atoms with van der Waals surface area (Å²) >= 11 is 0. The molecule has 3 heterocycles. The topological polar surface area (TPSA) is 99.4 Å². The van der Waals surface area contributed by atoms with E-state index in [-0.39, 0.29) is 17.7 Å². The van der Waals surface area contributed by atoms with Crippen LogP contribution < -0.4 is 15.8 Å². The van der Waals surface area contributed by atoms with Crippen molar-refractivity contribution in [3.8, 4) is 0 Å². The van der Waals surface area contributed by atoms with E-state index in [1.54, 1.807) is 12.3 Å². The lowest BCUT2D eigenvalue weighted by Gasteiger charge is -2.27. The van der Waals surface area contributed by atoms with Crippen LogP contribution in [0.2, 0.25) is 0 Å². The number of anilines is 2. The van der Waals surface area contributed by atoms with Gasteiger partial charge in [0, 0.05) is 44.0 Å². The Morgan fingerprint density at radius 2 is 2.23 bits per heavy atom. The van der Waals surface area contributed by atoms with E-state index >= 15 is 0 Å². The third-order valence-corrected chi connectivity index (χ3v) is 4.33.